The van der Waals surface area contributed by atoms with Gasteiger partial charge >= 0.3 is 10.1 Å². The molecule has 2 aromatic carbocycles. The van der Waals surface area contributed by atoms with Crippen molar-refractivity contribution in [2.75, 3.05) is 18.2 Å². The molecule has 0 saturated heterocycles. The number of nitrogens with one attached hydrogen (secondary N) is 2. The van der Waals surface area contributed by atoms with E-state index < -0.39 is 46.9 Å². The van der Waals surface area contributed by atoms with E-state index in [4.69, 9.17) is 48.2 Å². The monoisotopic (exact) mass is 588 g/mol. The SMILES string of the molecule is COc1cc(N)c(S(=O)(=O)O)c2c1Nc1c(c(Cl)c3nc4cc(C)c(=N)c(S(=O)(=O)O)c-4oc3c1Cl)O2. The number of ether oxygens (including phenoxy) is 2. The van der Waals surface area contributed by atoms with E-state index in [1.807, 2.05) is 0 Å². The number of benzene rings is 3. The summed E-state index contributed by atoms with van der Waals surface area (Å²) in [4.78, 5) is 2.74. The summed E-state index contributed by atoms with van der Waals surface area (Å²) in [6, 6.07) is 2.48. The Bertz CT molecular complexity index is 1940. The summed E-state index contributed by atoms with van der Waals surface area (Å²) in [6.45, 7) is 1.43. The van der Waals surface area contributed by atoms with Gasteiger partial charge in [0.25, 0.3) is 10.1 Å². The highest BCUT2D eigenvalue weighted by atomic mass is 35.5. The van der Waals surface area contributed by atoms with Gasteiger partial charge in [-0.3, -0.25) is 14.5 Å². The molecule has 194 valence electrons. The zero-order valence-corrected chi connectivity index (χ0v) is 21.6. The van der Waals surface area contributed by atoms with Crippen molar-refractivity contribution in [3.63, 3.8) is 0 Å². The Labute approximate surface area is 218 Å². The molecular weight excluding hydrogens is 575 g/mol. The average molecular weight is 589 g/mol. The number of aryl methyl sites for hydroxylation is 1. The lowest BCUT2D eigenvalue weighted by Crippen LogP contribution is -2.19. The number of anilines is 3. The average Bonchev–Trinajstić information content (AvgIpc) is 2.79. The summed E-state index contributed by atoms with van der Waals surface area (Å²) < 4.78 is 84.5. The third kappa shape index (κ3) is 3.74. The Morgan fingerprint density at radius 1 is 1.05 bits per heavy atom. The molecule has 6 N–H and O–H groups in total. The topological polar surface area (TPSA) is 215 Å². The molecule has 0 fully saturated rings. The number of hydrogen-bond donors (Lipinski definition) is 5. The minimum Gasteiger partial charge on any atom is -0.494 e. The van der Waals surface area contributed by atoms with Gasteiger partial charge in [0, 0.05) is 6.07 Å². The molecule has 0 atom stereocenters. The highest BCUT2D eigenvalue weighted by Crippen LogP contribution is 2.57. The first kappa shape index (κ1) is 25.3. The van der Waals surface area contributed by atoms with E-state index in [0.717, 1.165) is 6.07 Å². The van der Waals surface area contributed by atoms with Crippen LogP contribution in [0.1, 0.15) is 5.56 Å². The zero-order valence-electron chi connectivity index (χ0n) is 18.5. The van der Waals surface area contributed by atoms with Crippen LogP contribution in [0, 0.1) is 12.3 Å². The third-order valence-corrected chi connectivity index (χ3v) is 8.09. The fourth-order valence-corrected chi connectivity index (χ4v) is 6.00. The number of hydrogen-bond acceptors (Lipinski definition) is 11. The highest BCUT2D eigenvalue weighted by molar-refractivity contribution is 7.86. The van der Waals surface area contributed by atoms with Gasteiger partial charge in [-0.25, -0.2) is 4.98 Å². The van der Waals surface area contributed by atoms with Gasteiger partial charge in [-0.2, -0.15) is 16.8 Å². The molecule has 5 rings (SSSR count). The molecule has 0 aromatic heterocycles. The standard InChI is InChI=1S/C20H14Cl2N4O9S2/c1-5-3-7-15(20(11(5)24)37(30,31)32)34-16-10(22)14-17(9(21)13(16)25-7)35-18-12(26-14)8(33-2)4-6(23)19(18)36(27,28)29/h3-4,24,26H,23H2,1-2H3,(H,27,28,29)(H,30,31,32). The molecule has 37 heavy (non-hydrogen) atoms. The Hall–Kier alpha value is -3.34. The van der Waals surface area contributed by atoms with Crippen LogP contribution in [-0.4, -0.2) is 38.0 Å². The van der Waals surface area contributed by atoms with Crippen LogP contribution in [0.3, 0.4) is 0 Å². The van der Waals surface area contributed by atoms with Crippen LogP contribution in [0.2, 0.25) is 10.0 Å². The molecule has 0 spiro atoms. The van der Waals surface area contributed by atoms with Crippen molar-refractivity contribution < 1.29 is 39.8 Å². The molecule has 3 aliphatic rings. The minimum absolute atomic E-state index is 0.0226. The molecule has 2 aliphatic heterocycles. The summed E-state index contributed by atoms with van der Waals surface area (Å²) in [5, 5.41) is 9.95. The number of rotatable bonds is 3. The fourth-order valence-electron chi connectivity index (χ4n) is 3.94. The molecule has 2 aromatic rings. The van der Waals surface area contributed by atoms with Crippen LogP contribution in [-0.2, 0) is 20.2 Å². The molecule has 0 amide bonds. The smallest absolute Gasteiger partial charge is 0.300 e. The van der Waals surface area contributed by atoms with Crippen LogP contribution < -0.4 is 25.9 Å². The Morgan fingerprint density at radius 3 is 2.30 bits per heavy atom. The van der Waals surface area contributed by atoms with E-state index in [-0.39, 0.29) is 61.0 Å². The second-order valence-electron chi connectivity index (χ2n) is 7.85. The number of nitrogens with zero attached hydrogens (tertiary/aromatic N) is 1. The summed E-state index contributed by atoms with van der Waals surface area (Å²) >= 11 is 13.1. The molecule has 13 nitrogen and oxygen atoms in total. The number of nitrogen functional groups attached to an aromatic ring is 1. The summed E-state index contributed by atoms with van der Waals surface area (Å²) in [5.74, 6) is -1.06. The maximum absolute atomic E-state index is 12.1. The largest absolute Gasteiger partial charge is 0.494 e. The molecule has 0 saturated carbocycles. The number of fused-ring (bicyclic) bond motifs is 4. The van der Waals surface area contributed by atoms with E-state index in [2.05, 4.69) is 10.3 Å². The molecule has 0 radical (unpaired) electrons. The molecule has 17 heteroatoms. The maximum atomic E-state index is 12.1. The molecular formula is C20H14Cl2N4O9S2. The van der Waals surface area contributed by atoms with Crippen molar-refractivity contribution >= 4 is 71.6 Å². The van der Waals surface area contributed by atoms with Crippen molar-refractivity contribution in [3.05, 3.63) is 33.1 Å². The maximum Gasteiger partial charge on any atom is 0.300 e. The van der Waals surface area contributed by atoms with Gasteiger partial charge in [-0.15, -0.1) is 0 Å². The Balaban J connectivity index is 1.89. The predicted octanol–water partition coefficient (Wildman–Crippen LogP) is 3.96. The predicted molar refractivity (Wildman–Crippen MR) is 132 cm³/mol. The lowest BCUT2D eigenvalue weighted by atomic mass is 10.1. The van der Waals surface area contributed by atoms with Crippen LogP contribution in [0.25, 0.3) is 22.6 Å². The van der Waals surface area contributed by atoms with Crippen molar-refractivity contribution in [3.8, 4) is 28.7 Å². The van der Waals surface area contributed by atoms with E-state index in [1.54, 1.807) is 0 Å². The second-order valence-corrected chi connectivity index (χ2v) is 11.3. The quantitative estimate of drug-likeness (QED) is 0.115. The Morgan fingerprint density at radius 2 is 1.70 bits per heavy atom. The molecule has 2 heterocycles. The summed E-state index contributed by atoms with van der Waals surface area (Å²) in [6.07, 6.45) is 0. The van der Waals surface area contributed by atoms with Crippen LogP contribution in [0.15, 0.2) is 26.3 Å². The van der Waals surface area contributed by atoms with Crippen LogP contribution in [0.5, 0.6) is 17.2 Å². The minimum atomic E-state index is -4.91. The molecule has 0 bridgehead atoms. The van der Waals surface area contributed by atoms with Crippen molar-refractivity contribution in [2.45, 2.75) is 16.7 Å². The van der Waals surface area contributed by atoms with Gasteiger partial charge < -0.3 is 24.9 Å². The normalized spacial score (nSPS) is 13.1. The first-order chi connectivity index (χ1) is 17.1. The van der Waals surface area contributed by atoms with Crippen LogP contribution >= 0.6 is 23.2 Å². The highest BCUT2D eigenvalue weighted by Gasteiger charge is 2.36. The number of methoxy groups -OCH3 is 1. The van der Waals surface area contributed by atoms with Crippen molar-refractivity contribution in [1.82, 2.24) is 4.98 Å². The first-order valence-electron chi connectivity index (χ1n) is 9.89. The lowest BCUT2D eigenvalue weighted by Gasteiger charge is -2.27. The van der Waals surface area contributed by atoms with Gasteiger partial charge in [-0.05, 0) is 18.6 Å². The van der Waals surface area contributed by atoms with Gasteiger partial charge in [0.2, 0.25) is 0 Å². The van der Waals surface area contributed by atoms with E-state index >= 15 is 0 Å². The number of aromatic nitrogens is 1. The van der Waals surface area contributed by atoms with E-state index in [9.17, 15) is 25.9 Å². The van der Waals surface area contributed by atoms with E-state index in [1.165, 1.54) is 20.1 Å². The summed E-state index contributed by atoms with van der Waals surface area (Å²) in [5.41, 5.74) is 5.05. The zero-order chi connectivity index (χ0) is 27.2. The van der Waals surface area contributed by atoms with E-state index in [0.29, 0.717) is 0 Å². The van der Waals surface area contributed by atoms with Crippen LogP contribution in [0.4, 0.5) is 17.1 Å². The fraction of sp³-hybridized carbons (Fsp3) is 0.100. The second kappa shape index (κ2) is 8.08. The van der Waals surface area contributed by atoms with Gasteiger partial charge in [0.1, 0.15) is 38.4 Å². The Kier molecular flexibility index (Phi) is 5.53. The van der Waals surface area contributed by atoms with Crippen molar-refractivity contribution in [1.29, 1.82) is 5.41 Å². The molecule has 1 aliphatic carbocycles. The molecule has 0 unspecified atom stereocenters. The van der Waals surface area contributed by atoms with Gasteiger partial charge in [0.05, 0.1) is 18.2 Å². The number of nitrogens with two attached hydrogens (primary N) is 1. The summed E-state index contributed by atoms with van der Waals surface area (Å²) in [7, 11) is -8.51. The van der Waals surface area contributed by atoms with Crippen molar-refractivity contribution in [2.24, 2.45) is 0 Å². The lowest BCUT2D eigenvalue weighted by molar-refractivity contribution is 0.407. The number of halogens is 2. The first-order valence-corrected chi connectivity index (χ1v) is 13.5. The van der Waals surface area contributed by atoms with Gasteiger partial charge in [0.15, 0.2) is 32.6 Å². The third-order valence-electron chi connectivity index (χ3n) is 5.54. The van der Waals surface area contributed by atoms with Gasteiger partial charge in [-0.1, -0.05) is 23.2 Å².